The van der Waals surface area contributed by atoms with E-state index in [0.29, 0.717) is 24.6 Å². The fourth-order valence-electron chi connectivity index (χ4n) is 1.59. The molecule has 100 valence electrons. The molecule has 6 nitrogen and oxygen atoms in total. The molecule has 6 heteroatoms. The zero-order chi connectivity index (χ0) is 13.7. The first-order chi connectivity index (χ1) is 9.15. The van der Waals surface area contributed by atoms with Crippen LogP contribution in [0, 0.1) is 0 Å². The molecule has 0 unspecified atom stereocenters. The average molecular weight is 260 g/mol. The van der Waals surface area contributed by atoms with Gasteiger partial charge in [-0.1, -0.05) is 5.16 Å². The van der Waals surface area contributed by atoms with Gasteiger partial charge >= 0.3 is 0 Å². The minimum atomic E-state index is -0.0151. The summed E-state index contributed by atoms with van der Waals surface area (Å²) in [5.41, 5.74) is 0.844. The lowest BCUT2D eigenvalue weighted by Gasteiger charge is -2.06. The molecule has 0 aliphatic carbocycles. The van der Waals surface area contributed by atoms with Crippen LogP contribution < -0.4 is 5.32 Å². The Hall–Kier alpha value is -2.24. The normalized spacial score (nSPS) is 10.7. The smallest absolute Gasteiger partial charge is 0.227 e. The van der Waals surface area contributed by atoms with Crippen LogP contribution in [0.3, 0.4) is 0 Å². The van der Waals surface area contributed by atoms with Gasteiger partial charge < -0.3 is 9.84 Å². The Kier molecular flexibility index (Phi) is 4.22. The Balaban J connectivity index is 1.93. The van der Waals surface area contributed by atoms with Gasteiger partial charge in [0.05, 0.1) is 0 Å². The van der Waals surface area contributed by atoms with Crippen molar-refractivity contribution in [1.82, 2.24) is 20.4 Å². The summed E-state index contributed by atoms with van der Waals surface area (Å²) >= 11 is 0. The lowest BCUT2D eigenvalue weighted by atomic mass is 10.2. The second kappa shape index (κ2) is 6.08. The van der Waals surface area contributed by atoms with E-state index in [0.717, 1.165) is 5.56 Å². The Morgan fingerprint density at radius 1 is 1.37 bits per heavy atom. The number of nitrogens with one attached hydrogen (secondary N) is 1. The molecule has 0 saturated heterocycles. The highest BCUT2D eigenvalue weighted by Crippen LogP contribution is 2.14. The maximum absolute atomic E-state index is 11.5. The van der Waals surface area contributed by atoms with Crippen molar-refractivity contribution in [1.29, 1.82) is 0 Å². The van der Waals surface area contributed by atoms with Crippen LogP contribution in [-0.2, 0) is 11.2 Å². The van der Waals surface area contributed by atoms with Gasteiger partial charge in [0.15, 0.2) is 0 Å². The van der Waals surface area contributed by atoms with E-state index >= 15 is 0 Å². The van der Waals surface area contributed by atoms with E-state index in [1.807, 2.05) is 13.8 Å². The van der Waals surface area contributed by atoms with E-state index in [2.05, 4.69) is 20.4 Å². The van der Waals surface area contributed by atoms with E-state index in [1.165, 1.54) is 0 Å². The first-order valence-electron chi connectivity index (χ1n) is 6.17. The summed E-state index contributed by atoms with van der Waals surface area (Å²) in [4.78, 5) is 19.7. The van der Waals surface area contributed by atoms with Gasteiger partial charge in [-0.2, -0.15) is 4.98 Å². The minimum absolute atomic E-state index is 0.0151. The van der Waals surface area contributed by atoms with Gasteiger partial charge in [0.2, 0.25) is 17.6 Å². The number of amides is 1. The number of hydrogen-bond acceptors (Lipinski definition) is 5. The monoisotopic (exact) mass is 260 g/mol. The van der Waals surface area contributed by atoms with Crippen molar-refractivity contribution in [3.8, 4) is 11.4 Å². The van der Waals surface area contributed by atoms with Gasteiger partial charge in [-0.05, 0) is 26.0 Å². The van der Waals surface area contributed by atoms with Crippen molar-refractivity contribution in [3.05, 3.63) is 30.4 Å². The lowest BCUT2D eigenvalue weighted by molar-refractivity contribution is -0.121. The molecular formula is C13H16N4O2. The SMILES string of the molecule is CC(C)NC(=O)CCc1nc(-c2ccncc2)no1. The largest absolute Gasteiger partial charge is 0.354 e. The number of carbonyl (C=O) groups excluding carboxylic acids is 1. The number of carbonyl (C=O) groups is 1. The van der Waals surface area contributed by atoms with Gasteiger partial charge in [-0.3, -0.25) is 9.78 Å². The van der Waals surface area contributed by atoms with E-state index in [1.54, 1.807) is 24.5 Å². The fourth-order valence-corrected chi connectivity index (χ4v) is 1.59. The van der Waals surface area contributed by atoms with Crippen molar-refractivity contribution in [2.24, 2.45) is 0 Å². The Morgan fingerprint density at radius 2 is 2.11 bits per heavy atom. The number of hydrogen-bond donors (Lipinski definition) is 1. The third-order valence-electron chi connectivity index (χ3n) is 2.42. The molecule has 0 aromatic carbocycles. The first-order valence-corrected chi connectivity index (χ1v) is 6.17. The number of aryl methyl sites for hydroxylation is 1. The van der Waals surface area contributed by atoms with Crippen molar-refractivity contribution in [3.63, 3.8) is 0 Å². The van der Waals surface area contributed by atoms with Crippen LogP contribution in [0.2, 0.25) is 0 Å². The zero-order valence-electron chi connectivity index (χ0n) is 11.0. The Morgan fingerprint density at radius 3 is 2.79 bits per heavy atom. The average Bonchev–Trinajstić information content (AvgIpc) is 2.85. The molecule has 0 atom stereocenters. The van der Waals surface area contributed by atoms with E-state index in [-0.39, 0.29) is 11.9 Å². The molecule has 2 rings (SSSR count). The van der Waals surface area contributed by atoms with Crippen molar-refractivity contribution in [2.75, 3.05) is 0 Å². The molecule has 0 fully saturated rings. The van der Waals surface area contributed by atoms with E-state index in [9.17, 15) is 4.79 Å². The Labute approximate surface area is 111 Å². The van der Waals surface area contributed by atoms with Gasteiger partial charge in [-0.15, -0.1) is 0 Å². The van der Waals surface area contributed by atoms with Crippen LogP contribution in [0.1, 0.15) is 26.2 Å². The highest BCUT2D eigenvalue weighted by atomic mass is 16.5. The number of nitrogens with zero attached hydrogens (tertiary/aromatic N) is 3. The molecule has 0 bridgehead atoms. The third-order valence-corrected chi connectivity index (χ3v) is 2.42. The maximum atomic E-state index is 11.5. The summed E-state index contributed by atoms with van der Waals surface area (Å²) in [5, 5.41) is 6.69. The summed E-state index contributed by atoms with van der Waals surface area (Å²) in [6, 6.07) is 3.75. The van der Waals surface area contributed by atoms with Gasteiger partial charge in [-0.25, -0.2) is 0 Å². The predicted molar refractivity (Wildman–Crippen MR) is 69.1 cm³/mol. The second-order valence-electron chi connectivity index (χ2n) is 4.47. The molecule has 0 aliphatic heterocycles. The number of aromatic nitrogens is 3. The molecule has 19 heavy (non-hydrogen) atoms. The predicted octanol–water partition coefficient (Wildman–Crippen LogP) is 1.59. The Bertz CT molecular complexity index is 537. The molecule has 0 spiro atoms. The van der Waals surface area contributed by atoms with Crippen molar-refractivity contribution in [2.45, 2.75) is 32.7 Å². The lowest BCUT2D eigenvalue weighted by Crippen LogP contribution is -2.30. The molecule has 2 aromatic heterocycles. The van der Waals surface area contributed by atoms with Crippen LogP contribution in [0.15, 0.2) is 29.0 Å². The molecule has 0 saturated carbocycles. The second-order valence-corrected chi connectivity index (χ2v) is 4.47. The third kappa shape index (κ3) is 3.87. The topological polar surface area (TPSA) is 80.9 Å². The summed E-state index contributed by atoms with van der Waals surface area (Å²) in [5.74, 6) is 0.964. The fraction of sp³-hybridized carbons (Fsp3) is 0.385. The van der Waals surface area contributed by atoms with Crippen molar-refractivity contribution < 1.29 is 9.32 Å². The van der Waals surface area contributed by atoms with Gasteiger partial charge in [0.25, 0.3) is 0 Å². The van der Waals surface area contributed by atoms with Crippen LogP contribution >= 0.6 is 0 Å². The first kappa shape index (κ1) is 13.2. The highest BCUT2D eigenvalue weighted by Gasteiger charge is 2.10. The van der Waals surface area contributed by atoms with Crippen molar-refractivity contribution >= 4 is 5.91 Å². The summed E-state index contributed by atoms with van der Waals surface area (Å²) in [6.07, 6.45) is 4.12. The van der Waals surface area contributed by atoms with E-state index in [4.69, 9.17) is 4.52 Å². The molecule has 0 radical (unpaired) electrons. The molecule has 2 heterocycles. The summed E-state index contributed by atoms with van der Waals surface area (Å²) < 4.78 is 5.11. The number of pyridine rings is 1. The van der Waals surface area contributed by atoms with E-state index < -0.39 is 0 Å². The molecule has 1 amide bonds. The standard InChI is InChI=1S/C13H16N4O2/c1-9(2)15-11(18)3-4-12-16-13(17-19-12)10-5-7-14-8-6-10/h5-9H,3-4H2,1-2H3,(H,15,18). The maximum Gasteiger partial charge on any atom is 0.227 e. The zero-order valence-corrected chi connectivity index (χ0v) is 11.0. The molecule has 0 aliphatic rings. The molecule has 1 N–H and O–H groups in total. The van der Waals surface area contributed by atoms with Crippen LogP contribution in [0.4, 0.5) is 0 Å². The van der Waals surface area contributed by atoms with Gasteiger partial charge in [0, 0.05) is 36.8 Å². The van der Waals surface area contributed by atoms with Crippen LogP contribution in [-0.4, -0.2) is 27.1 Å². The highest BCUT2D eigenvalue weighted by molar-refractivity contribution is 5.76. The van der Waals surface area contributed by atoms with Gasteiger partial charge in [0.1, 0.15) is 0 Å². The molecule has 2 aromatic rings. The summed E-state index contributed by atoms with van der Waals surface area (Å²) in [6.45, 7) is 3.85. The summed E-state index contributed by atoms with van der Waals surface area (Å²) in [7, 11) is 0. The number of rotatable bonds is 5. The quantitative estimate of drug-likeness (QED) is 0.882. The van der Waals surface area contributed by atoms with Crippen LogP contribution in [0.5, 0.6) is 0 Å². The van der Waals surface area contributed by atoms with Crippen LogP contribution in [0.25, 0.3) is 11.4 Å². The minimum Gasteiger partial charge on any atom is -0.354 e. The molecular weight excluding hydrogens is 244 g/mol.